The summed E-state index contributed by atoms with van der Waals surface area (Å²) in [5, 5.41) is 14.8. The van der Waals surface area contributed by atoms with Gasteiger partial charge in [-0.05, 0) is 30.3 Å². The first-order chi connectivity index (χ1) is 10.0. The van der Waals surface area contributed by atoms with Crippen molar-refractivity contribution >= 4 is 45.0 Å². The molecule has 2 rings (SSSR count). The summed E-state index contributed by atoms with van der Waals surface area (Å²) < 4.78 is 0.733. The smallest absolute Gasteiger partial charge is 0.274 e. The van der Waals surface area contributed by atoms with Crippen molar-refractivity contribution in [3.63, 3.8) is 0 Å². The Kier molecular flexibility index (Phi) is 4.77. The van der Waals surface area contributed by atoms with Crippen LogP contribution in [-0.4, -0.2) is 21.9 Å². The molecule has 0 aliphatic rings. The normalized spacial score (nSPS) is 11.2. The summed E-state index contributed by atoms with van der Waals surface area (Å²) in [6, 6.07) is 8.03. The standard InChI is InChI=1S/C13H10BrClN4O2/c14-7-1-3-9(12(16)19-21)11(5-7)18-13(20)10-4-2-8(15)6-17-10/h1-6,21H,(H2,16,19)(H,18,20). The molecule has 1 aromatic heterocycles. The van der Waals surface area contributed by atoms with Crippen molar-refractivity contribution in [1.29, 1.82) is 0 Å². The number of aromatic nitrogens is 1. The van der Waals surface area contributed by atoms with E-state index in [2.05, 4.69) is 31.4 Å². The van der Waals surface area contributed by atoms with Crippen LogP contribution in [0, 0.1) is 0 Å². The minimum Gasteiger partial charge on any atom is -0.409 e. The van der Waals surface area contributed by atoms with Crippen LogP contribution in [0.2, 0.25) is 5.02 Å². The number of hydrogen-bond acceptors (Lipinski definition) is 4. The van der Waals surface area contributed by atoms with E-state index in [0.29, 0.717) is 16.3 Å². The van der Waals surface area contributed by atoms with Gasteiger partial charge in [0.05, 0.1) is 10.7 Å². The van der Waals surface area contributed by atoms with Crippen LogP contribution in [0.5, 0.6) is 0 Å². The number of carbonyl (C=O) groups is 1. The number of amidine groups is 1. The molecule has 1 aromatic carbocycles. The van der Waals surface area contributed by atoms with Gasteiger partial charge in [0.25, 0.3) is 5.91 Å². The molecule has 0 unspecified atom stereocenters. The Labute approximate surface area is 133 Å². The summed E-state index contributed by atoms with van der Waals surface area (Å²) in [5.41, 5.74) is 6.56. The summed E-state index contributed by atoms with van der Waals surface area (Å²) >= 11 is 9.02. The van der Waals surface area contributed by atoms with Gasteiger partial charge in [-0.3, -0.25) is 4.79 Å². The SMILES string of the molecule is N/C(=N/O)c1ccc(Br)cc1NC(=O)c1ccc(Cl)cn1. The van der Waals surface area contributed by atoms with Gasteiger partial charge in [-0.15, -0.1) is 0 Å². The van der Waals surface area contributed by atoms with E-state index in [-0.39, 0.29) is 11.5 Å². The van der Waals surface area contributed by atoms with Gasteiger partial charge in [-0.25, -0.2) is 4.98 Å². The predicted molar refractivity (Wildman–Crippen MR) is 83.9 cm³/mol. The summed E-state index contributed by atoms with van der Waals surface area (Å²) in [4.78, 5) is 16.0. The summed E-state index contributed by atoms with van der Waals surface area (Å²) in [6.45, 7) is 0. The maximum Gasteiger partial charge on any atom is 0.274 e. The number of pyridine rings is 1. The van der Waals surface area contributed by atoms with Crippen LogP contribution in [0.3, 0.4) is 0 Å². The Morgan fingerprint density at radius 2 is 2.14 bits per heavy atom. The molecule has 0 saturated carbocycles. The van der Waals surface area contributed by atoms with Crippen LogP contribution < -0.4 is 11.1 Å². The van der Waals surface area contributed by atoms with Gasteiger partial charge >= 0.3 is 0 Å². The molecule has 0 spiro atoms. The van der Waals surface area contributed by atoms with E-state index < -0.39 is 5.91 Å². The van der Waals surface area contributed by atoms with Crippen LogP contribution in [0.4, 0.5) is 5.69 Å². The Hall–Kier alpha value is -2.12. The van der Waals surface area contributed by atoms with Crippen LogP contribution in [0.25, 0.3) is 0 Å². The Morgan fingerprint density at radius 1 is 1.38 bits per heavy atom. The number of nitrogens with one attached hydrogen (secondary N) is 1. The lowest BCUT2D eigenvalue weighted by Crippen LogP contribution is -2.19. The van der Waals surface area contributed by atoms with Gasteiger partial charge < -0.3 is 16.3 Å². The second-order valence-electron chi connectivity index (χ2n) is 3.99. The highest BCUT2D eigenvalue weighted by atomic mass is 79.9. The fourth-order valence-corrected chi connectivity index (χ4v) is 2.07. The predicted octanol–water partition coefficient (Wildman–Crippen LogP) is 2.84. The van der Waals surface area contributed by atoms with Crippen LogP contribution in [-0.2, 0) is 0 Å². The van der Waals surface area contributed by atoms with Crippen LogP contribution >= 0.6 is 27.5 Å². The molecule has 0 bridgehead atoms. The largest absolute Gasteiger partial charge is 0.409 e. The highest BCUT2D eigenvalue weighted by Crippen LogP contribution is 2.22. The fourth-order valence-electron chi connectivity index (χ4n) is 1.59. The molecule has 2 aromatic rings. The van der Waals surface area contributed by atoms with Crippen molar-refractivity contribution in [3.8, 4) is 0 Å². The number of nitrogens with zero attached hydrogens (tertiary/aromatic N) is 2. The number of carbonyl (C=O) groups excluding carboxylic acids is 1. The fraction of sp³-hybridized carbons (Fsp3) is 0. The molecule has 0 aliphatic heterocycles. The number of nitrogens with two attached hydrogens (primary N) is 1. The van der Waals surface area contributed by atoms with Crippen molar-refractivity contribution in [1.82, 2.24) is 4.98 Å². The van der Waals surface area contributed by atoms with Gasteiger partial charge in [0.2, 0.25) is 0 Å². The highest BCUT2D eigenvalue weighted by molar-refractivity contribution is 9.10. The highest BCUT2D eigenvalue weighted by Gasteiger charge is 2.13. The minimum atomic E-state index is -0.434. The lowest BCUT2D eigenvalue weighted by molar-refractivity contribution is 0.102. The molecule has 21 heavy (non-hydrogen) atoms. The van der Waals surface area contributed by atoms with Gasteiger partial charge in [-0.2, -0.15) is 0 Å². The minimum absolute atomic E-state index is 0.109. The summed E-state index contributed by atoms with van der Waals surface area (Å²) in [7, 11) is 0. The number of hydrogen-bond donors (Lipinski definition) is 3. The first-order valence-corrected chi connectivity index (χ1v) is 6.88. The second kappa shape index (κ2) is 6.55. The maximum atomic E-state index is 12.1. The zero-order valence-electron chi connectivity index (χ0n) is 10.5. The van der Waals surface area contributed by atoms with Crippen LogP contribution in [0.15, 0.2) is 46.2 Å². The van der Waals surface area contributed by atoms with E-state index in [1.54, 1.807) is 24.3 Å². The molecule has 0 saturated heterocycles. The third kappa shape index (κ3) is 3.71. The van der Waals surface area contributed by atoms with Gasteiger partial charge in [0.15, 0.2) is 5.84 Å². The molecule has 6 nitrogen and oxygen atoms in total. The molecule has 0 radical (unpaired) electrons. The third-order valence-electron chi connectivity index (χ3n) is 2.57. The first kappa shape index (κ1) is 15.3. The van der Waals surface area contributed by atoms with E-state index in [4.69, 9.17) is 22.5 Å². The molecule has 0 fully saturated rings. The number of benzene rings is 1. The van der Waals surface area contributed by atoms with Crippen molar-refractivity contribution in [2.75, 3.05) is 5.32 Å². The van der Waals surface area contributed by atoms with E-state index in [1.807, 2.05) is 0 Å². The van der Waals surface area contributed by atoms with E-state index in [1.165, 1.54) is 12.3 Å². The van der Waals surface area contributed by atoms with Crippen molar-refractivity contribution < 1.29 is 10.0 Å². The molecule has 4 N–H and O–H groups in total. The molecule has 0 aliphatic carbocycles. The molecular weight excluding hydrogens is 360 g/mol. The maximum absolute atomic E-state index is 12.1. The van der Waals surface area contributed by atoms with Crippen LogP contribution in [0.1, 0.15) is 16.1 Å². The first-order valence-electron chi connectivity index (χ1n) is 5.71. The third-order valence-corrected chi connectivity index (χ3v) is 3.29. The average molecular weight is 370 g/mol. The topological polar surface area (TPSA) is 101 Å². The number of oxime groups is 1. The number of amides is 1. The van der Waals surface area contributed by atoms with E-state index in [9.17, 15) is 4.79 Å². The molecule has 108 valence electrons. The second-order valence-corrected chi connectivity index (χ2v) is 5.34. The number of anilines is 1. The van der Waals surface area contributed by atoms with E-state index in [0.717, 1.165) is 4.47 Å². The molecule has 8 heteroatoms. The molecule has 0 atom stereocenters. The summed E-state index contributed by atoms with van der Waals surface area (Å²) in [5.74, 6) is -0.543. The molecular formula is C13H10BrClN4O2. The summed E-state index contributed by atoms with van der Waals surface area (Å²) in [6.07, 6.45) is 1.38. The molecule has 1 heterocycles. The van der Waals surface area contributed by atoms with Crippen molar-refractivity contribution in [2.24, 2.45) is 10.9 Å². The number of halogens is 2. The lowest BCUT2D eigenvalue weighted by atomic mass is 10.1. The van der Waals surface area contributed by atoms with Crippen molar-refractivity contribution in [2.45, 2.75) is 0 Å². The quantitative estimate of drug-likeness (QED) is 0.335. The zero-order chi connectivity index (χ0) is 15.4. The van der Waals surface area contributed by atoms with Gasteiger partial charge in [-0.1, -0.05) is 32.7 Å². The van der Waals surface area contributed by atoms with Crippen molar-refractivity contribution in [3.05, 3.63) is 57.3 Å². The van der Waals surface area contributed by atoms with Gasteiger partial charge in [0.1, 0.15) is 5.69 Å². The average Bonchev–Trinajstić information content (AvgIpc) is 2.47. The molecule has 1 amide bonds. The van der Waals surface area contributed by atoms with Gasteiger partial charge in [0, 0.05) is 16.2 Å². The van der Waals surface area contributed by atoms with E-state index >= 15 is 0 Å². The Morgan fingerprint density at radius 3 is 2.76 bits per heavy atom. The monoisotopic (exact) mass is 368 g/mol. The lowest BCUT2D eigenvalue weighted by Gasteiger charge is -2.10. The Balaban J connectivity index is 2.32. The Bertz CT molecular complexity index is 704. The number of rotatable bonds is 3. The zero-order valence-corrected chi connectivity index (χ0v) is 12.9.